The molecule has 0 fully saturated rings. The normalized spacial score (nSPS) is 10.9. The molecule has 0 saturated heterocycles. The van der Waals surface area contributed by atoms with Gasteiger partial charge in [0.25, 0.3) is 0 Å². The lowest BCUT2D eigenvalue weighted by Gasteiger charge is -2.33. The maximum atomic E-state index is 12.5. The van der Waals surface area contributed by atoms with Gasteiger partial charge in [-0.05, 0) is 46.8 Å². The molecule has 1 rings (SSSR count). The van der Waals surface area contributed by atoms with Crippen molar-refractivity contribution in [2.24, 2.45) is 0 Å². The van der Waals surface area contributed by atoms with E-state index in [9.17, 15) is 4.79 Å². The van der Waals surface area contributed by atoms with Gasteiger partial charge >= 0.3 is 6.03 Å². The highest BCUT2D eigenvalue weighted by atomic mass is 35.5. The molecule has 0 aliphatic heterocycles. The monoisotopic (exact) mass is 342 g/mol. The number of anilines is 1. The second kappa shape index (κ2) is 9.73. The average molecular weight is 343 g/mol. The SMILES string of the molecule is Cc1cccc(N(CCN(C(C)C)C(C)C)C(=O)N(C)C)n1.Cl. The molecule has 6 heteroatoms. The Morgan fingerprint density at radius 2 is 1.65 bits per heavy atom. The highest BCUT2D eigenvalue weighted by Crippen LogP contribution is 2.14. The van der Waals surface area contributed by atoms with Gasteiger partial charge in [0.15, 0.2) is 0 Å². The summed E-state index contributed by atoms with van der Waals surface area (Å²) in [7, 11) is 3.54. The van der Waals surface area contributed by atoms with Crippen molar-refractivity contribution in [2.75, 3.05) is 32.1 Å². The van der Waals surface area contributed by atoms with E-state index >= 15 is 0 Å². The third-order valence-corrected chi connectivity index (χ3v) is 3.67. The Hall–Kier alpha value is -1.33. The van der Waals surface area contributed by atoms with E-state index in [1.54, 1.807) is 23.9 Å². The van der Waals surface area contributed by atoms with Gasteiger partial charge < -0.3 is 4.90 Å². The summed E-state index contributed by atoms with van der Waals surface area (Å²) in [4.78, 5) is 22.7. The maximum absolute atomic E-state index is 12.5. The van der Waals surface area contributed by atoms with Crippen molar-refractivity contribution in [1.82, 2.24) is 14.8 Å². The van der Waals surface area contributed by atoms with E-state index in [-0.39, 0.29) is 18.4 Å². The van der Waals surface area contributed by atoms with Crippen LogP contribution in [0.25, 0.3) is 0 Å². The van der Waals surface area contributed by atoms with E-state index in [4.69, 9.17) is 0 Å². The minimum absolute atomic E-state index is 0. The Kier molecular flexibility index (Phi) is 9.17. The Labute approximate surface area is 147 Å². The van der Waals surface area contributed by atoms with Crippen LogP contribution in [0.4, 0.5) is 10.6 Å². The van der Waals surface area contributed by atoms with E-state index in [1.807, 2.05) is 25.1 Å². The van der Waals surface area contributed by atoms with Crippen molar-refractivity contribution < 1.29 is 4.79 Å². The number of amides is 2. The van der Waals surface area contributed by atoms with Gasteiger partial charge in [0.05, 0.1) is 0 Å². The highest BCUT2D eigenvalue weighted by Gasteiger charge is 2.21. The van der Waals surface area contributed by atoms with Gasteiger partial charge in [-0.1, -0.05) is 6.07 Å². The third-order valence-electron chi connectivity index (χ3n) is 3.67. The van der Waals surface area contributed by atoms with Crippen LogP contribution >= 0.6 is 12.4 Å². The van der Waals surface area contributed by atoms with Crippen molar-refractivity contribution in [2.45, 2.75) is 46.7 Å². The fourth-order valence-electron chi connectivity index (χ4n) is 2.56. The van der Waals surface area contributed by atoms with Crippen LogP contribution in [0.2, 0.25) is 0 Å². The molecule has 1 aromatic rings. The summed E-state index contributed by atoms with van der Waals surface area (Å²) in [6.45, 7) is 12.1. The molecule has 0 atom stereocenters. The molecule has 0 spiro atoms. The number of aryl methyl sites for hydroxylation is 1. The molecule has 0 N–H and O–H groups in total. The summed E-state index contributed by atoms with van der Waals surface area (Å²) in [5, 5.41) is 0. The van der Waals surface area contributed by atoms with E-state index in [1.165, 1.54) is 0 Å². The minimum Gasteiger partial charge on any atom is -0.330 e. The Bertz CT molecular complexity index is 483. The van der Waals surface area contributed by atoms with Crippen molar-refractivity contribution in [1.29, 1.82) is 0 Å². The van der Waals surface area contributed by atoms with Crippen molar-refractivity contribution in [3.05, 3.63) is 23.9 Å². The zero-order valence-electron chi connectivity index (χ0n) is 15.4. The number of rotatable bonds is 6. The quantitative estimate of drug-likeness (QED) is 0.795. The predicted octanol–water partition coefficient (Wildman–Crippen LogP) is 3.42. The summed E-state index contributed by atoms with van der Waals surface area (Å²) in [5.74, 6) is 0.714. The van der Waals surface area contributed by atoms with Crippen molar-refractivity contribution >= 4 is 24.3 Å². The molecule has 1 heterocycles. The van der Waals surface area contributed by atoms with E-state index in [0.29, 0.717) is 24.4 Å². The number of carbonyl (C=O) groups excluding carboxylic acids is 1. The first-order chi connectivity index (χ1) is 10.2. The zero-order chi connectivity index (χ0) is 16.9. The Morgan fingerprint density at radius 1 is 1.09 bits per heavy atom. The zero-order valence-corrected chi connectivity index (χ0v) is 16.2. The summed E-state index contributed by atoms with van der Waals surface area (Å²) < 4.78 is 0. The van der Waals surface area contributed by atoms with Crippen LogP contribution in [0.5, 0.6) is 0 Å². The summed E-state index contributed by atoms with van der Waals surface area (Å²) in [5.41, 5.74) is 0.915. The van der Waals surface area contributed by atoms with Crippen molar-refractivity contribution in [3.63, 3.8) is 0 Å². The lowest BCUT2D eigenvalue weighted by atomic mass is 10.2. The third kappa shape index (κ3) is 6.36. The van der Waals surface area contributed by atoms with Crippen molar-refractivity contribution in [3.8, 4) is 0 Å². The van der Waals surface area contributed by atoms with Gasteiger partial charge in [0.1, 0.15) is 5.82 Å². The summed E-state index contributed by atoms with van der Waals surface area (Å²) in [6, 6.07) is 6.63. The molecule has 0 saturated carbocycles. The Morgan fingerprint density at radius 3 is 2.09 bits per heavy atom. The maximum Gasteiger partial charge on any atom is 0.325 e. The smallest absolute Gasteiger partial charge is 0.325 e. The van der Waals surface area contributed by atoms with Crippen LogP contribution in [0.1, 0.15) is 33.4 Å². The fourth-order valence-corrected chi connectivity index (χ4v) is 2.56. The number of halogens is 1. The molecule has 1 aromatic heterocycles. The molecule has 0 bridgehead atoms. The molecule has 23 heavy (non-hydrogen) atoms. The molecule has 0 aliphatic rings. The second-order valence-corrected chi connectivity index (χ2v) is 6.39. The lowest BCUT2D eigenvalue weighted by Crippen LogP contribution is -2.47. The largest absolute Gasteiger partial charge is 0.330 e. The molecule has 2 amide bonds. The van der Waals surface area contributed by atoms with Crippen LogP contribution in [0.3, 0.4) is 0 Å². The number of nitrogens with zero attached hydrogens (tertiary/aromatic N) is 4. The topological polar surface area (TPSA) is 39.7 Å². The molecule has 5 nitrogen and oxygen atoms in total. The summed E-state index contributed by atoms with van der Waals surface area (Å²) in [6.07, 6.45) is 0. The summed E-state index contributed by atoms with van der Waals surface area (Å²) >= 11 is 0. The first-order valence-corrected chi connectivity index (χ1v) is 7.92. The molecule has 0 aromatic carbocycles. The van der Waals surface area contributed by atoms with Gasteiger partial charge in [-0.2, -0.15) is 0 Å². The highest BCUT2D eigenvalue weighted by molar-refractivity contribution is 5.90. The number of hydrogen-bond donors (Lipinski definition) is 0. The number of carbonyl (C=O) groups is 1. The number of urea groups is 1. The van der Waals surface area contributed by atoms with Crippen LogP contribution < -0.4 is 4.90 Å². The van der Waals surface area contributed by atoms with Crippen LogP contribution in [0.15, 0.2) is 18.2 Å². The molecular weight excluding hydrogens is 312 g/mol. The lowest BCUT2D eigenvalue weighted by molar-refractivity contribution is 0.177. The van der Waals surface area contributed by atoms with E-state index < -0.39 is 0 Å². The fraction of sp³-hybridized carbons (Fsp3) is 0.647. The minimum atomic E-state index is -0.0365. The standard InChI is InChI=1S/C17H30N4O.ClH/c1-13(2)20(14(3)4)11-12-21(17(22)19(6)7)16-10-8-9-15(5)18-16;/h8-10,13-14H,11-12H2,1-7H3;1H. The molecule has 0 unspecified atom stereocenters. The first kappa shape index (κ1) is 21.7. The van der Waals surface area contributed by atoms with Gasteiger partial charge in [-0.25, -0.2) is 9.78 Å². The van der Waals surface area contributed by atoms with E-state index in [2.05, 4.69) is 37.6 Å². The van der Waals surface area contributed by atoms with Gasteiger partial charge in [0.2, 0.25) is 0 Å². The predicted molar refractivity (Wildman–Crippen MR) is 99.6 cm³/mol. The molecule has 0 aliphatic carbocycles. The average Bonchev–Trinajstić information content (AvgIpc) is 2.41. The van der Waals surface area contributed by atoms with Crippen LogP contribution in [-0.2, 0) is 0 Å². The van der Waals surface area contributed by atoms with Gasteiger partial charge in [0, 0.05) is 45.0 Å². The van der Waals surface area contributed by atoms with Gasteiger partial charge in [-0.15, -0.1) is 12.4 Å². The first-order valence-electron chi connectivity index (χ1n) is 7.92. The number of pyridine rings is 1. The molecule has 0 radical (unpaired) electrons. The molecular formula is C17H31ClN4O. The Balaban J connectivity index is 0.00000484. The molecule has 132 valence electrons. The van der Waals surface area contributed by atoms with E-state index in [0.717, 1.165) is 12.2 Å². The number of hydrogen-bond acceptors (Lipinski definition) is 3. The van der Waals surface area contributed by atoms with Crippen LogP contribution in [0, 0.1) is 6.92 Å². The van der Waals surface area contributed by atoms with Crippen LogP contribution in [-0.4, -0.2) is 60.1 Å². The second-order valence-electron chi connectivity index (χ2n) is 6.39. The number of aromatic nitrogens is 1. The van der Waals surface area contributed by atoms with Gasteiger partial charge in [-0.3, -0.25) is 9.80 Å².